The van der Waals surface area contributed by atoms with E-state index in [1.54, 1.807) is 15.9 Å². The zero-order valence-electron chi connectivity index (χ0n) is 30.8. The number of nitrogens with one attached hydrogen (secondary N) is 4. The zero-order chi connectivity index (χ0) is 39.1. The Hall–Kier alpha value is -8.04. The molecule has 0 radical (unpaired) electrons. The van der Waals surface area contributed by atoms with E-state index in [2.05, 4.69) is 0 Å². The number of hydrogen-bond acceptors (Lipinski definition) is 6. The summed E-state index contributed by atoms with van der Waals surface area (Å²) in [5.41, 5.74) is 5.70. The first-order valence-corrected chi connectivity index (χ1v) is 18.4. The van der Waals surface area contributed by atoms with E-state index >= 15 is 0 Å². The van der Waals surface area contributed by atoms with Crippen LogP contribution in [0.1, 0.15) is 22.3 Å². The molecule has 0 bridgehead atoms. The van der Waals surface area contributed by atoms with Gasteiger partial charge in [0.05, 0.1) is 0 Å². The van der Waals surface area contributed by atoms with Crippen LogP contribution in [0.25, 0.3) is 28.5 Å². The van der Waals surface area contributed by atoms with Crippen LogP contribution in [0.15, 0.2) is 200 Å². The first-order chi connectivity index (χ1) is 28.0. The summed E-state index contributed by atoms with van der Waals surface area (Å²) in [5.74, 6) is 1.39. The Morgan fingerprint density at radius 1 is 0.351 bits per heavy atom. The molecule has 1 aromatic heterocycles. The molecule has 0 unspecified atom stereocenters. The molecule has 7 aromatic carbocycles. The molecule has 8 aromatic rings. The Morgan fingerprint density at radius 3 is 1.11 bits per heavy atom. The number of rotatable bonds is 9. The molecular formula is C48H37N9. The molecule has 0 aliphatic heterocycles. The predicted octanol–water partition coefficient (Wildman–Crippen LogP) is 10.3. The van der Waals surface area contributed by atoms with Crippen LogP contribution in [-0.2, 0) is 0 Å². The van der Waals surface area contributed by atoms with E-state index in [-0.39, 0.29) is 23.3 Å². The number of anilines is 2. The van der Waals surface area contributed by atoms with Gasteiger partial charge in [-0.25, -0.2) is 0 Å². The highest BCUT2D eigenvalue weighted by Gasteiger charge is 2.27. The third-order valence-corrected chi connectivity index (χ3v) is 9.47. The van der Waals surface area contributed by atoms with Crippen LogP contribution in [0.4, 0.5) is 11.4 Å². The fourth-order valence-corrected chi connectivity index (χ4v) is 6.70. The van der Waals surface area contributed by atoms with Gasteiger partial charge in [-0.2, -0.15) is 0 Å². The molecule has 4 N–H and O–H groups in total. The normalized spacial score (nSPS) is 10.7. The van der Waals surface area contributed by atoms with Gasteiger partial charge in [-0.1, -0.05) is 146 Å². The quantitative estimate of drug-likeness (QED) is 0.0866. The maximum absolute atomic E-state index is 9.86. The van der Waals surface area contributed by atoms with Gasteiger partial charge in [0.2, 0.25) is 0 Å². The Bertz CT molecular complexity index is 2550. The van der Waals surface area contributed by atoms with Crippen molar-refractivity contribution in [2.75, 3.05) is 9.80 Å². The van der Waals surface area contributed by atoms with Crippen LogP contribution < -0.4 is 9.80 Å². The van der Waals surface area contributed by atoms with Crippen molar-refractivity contribution in [1.82, 2.24) is 14.8 Å². The summed E-state index contributed by atoms with van der Waals surface area (Å²) in [6, 6.07) is 62.7. The van der Waals surface area contributed by atoms with Gasteiger partial charge in [0, 0.05) is 50.4 Å². The first kappa shape index (κ1) is 36.0. The Labute approximate surface area is 330 Å². The van der Waals surface area contributed by atoms with Gasteiger partial charge in [0.15, 0.2) is 11.6 Å². The topological polar surface area (TPSA) is 133 Å². The van der Waals surface area contributed by atoms with E-state index in [1.165, 1.54) is 0 Å². The van der Waals surface area contributed by atoms with E-state index in [0.717, 1.165) is 11.3 Å². The highest BCUT2D eigenvalue weighted by Crippen LogP contribution is 2.32. The molecule has 0 atom stereocenters. The average molecular weight is 740 g/mol. The van der Waals surface area contributed by atoms with Crippen molar-refractivity contribution in [2.45, 2.75) is 0 Å². The zero-order valence-corrected chi connectivity index (χ0v) is 30.8. The third kappa shape index (κ3) is 7.41. The highest BCUT2D eigenvalue weighted by molar-refractivity contribution is 6.30. The lowest BCUT2D eigenvalue weighted by Gasteiger charge is -2.28. The number of aromatic nitrogens is 3. The van der Waals surface area contributed by atoms with Gasteiger partial charge in [0.25, 0.3) is 0 Å². The van der Waals surface area contributed by atoms with E-state index < -0.39 is 0 Å². The molecule has 8 rings (SSSR count). The van der Waals surface area contributed by atoms with Crippen molar-refractivity contribution in [3.63, 3.8) is 0 Å². The van der Waals surface area contributed by atoms with E-state index in [4.69, 9.17) is 10.2 Å². The Balaban J connectivity index is 1.35. The van der Waals surface area contributed by atoms with E-state index in [9.17, 15) is 21.6 Å². The summed E-state index contributed by atoms with van der Waals surface area (Å²) in [6.07, 6.45) is 0. The molecule has 0 fully saturated rings. The predicted molar refractivity (Wildman–Crippen MR) is 230 cm³/mol. The Kier molecular flexibility index (Phi) is 10.2. The highest BCUT2D eigenvalue weighted by atomic mass is 15.3. The largest absolute Gasteiger partial charge is 0.284 e. The molecule has 57 heavy (non-hydrogen) atoms. The molecule has 1 heterocycles. The standard InChI is InChI=1S/C48H37N9/c49-43(34-19-7-1-8-20-34)55(40-25-13-4-14-26-40)45(51)37-31-38(46(52)56(41-27-15-5-16-28-41)44(50)35-21-9-2-10-22-35)33-39(32-37)48-54-53-47(36-23-11-3-12-24-36)57(48)42-29-17-6-18-30-42/h1-33,49-52H. The molecule has 0 aliphatic rings. The van der Waals surface area contributed by atoms with Crippen LogP contribution >= 0.6 is 0 Å². The van der Waals surface area contributed by atoms with Crippen molar-refractivity contribution in [3.8, 4) is 28.5 Å². The SMILES string of the molecule is N=C(c1ccccc1)N(C(=N)c1cc(C(=N)N(C(=N)c2ccccc2)c2ccccc2)cc(-c2nnc(-c3ccccc3)n2-c2ccccc2)c1)c1ccccc1. The van der Waals surface area contributed by atoms with Gasteiger partial charge < -0.3 is 0 Å². The smallest absolute Gasteiger partial charge is 0.168 e. The lowest BCUT2D eigenvalue weighted by Crippen LogP contribution is -2.38. The lowest BCUT2D eigenvalue weighted by atomic mass is 10.0. The van der Waals surface area contributed by atoms with Crippen LogP contribution in [0, 0.1) is 21.6 Å². The second-order valence-electron chi connectivity index (χ2n) is 13.2. The minimum atomic E-state index is 0.0180. The van der Waals surface area contributed by atoms with Gasteiger partial charge in [-0.3, -0.25) is 36.0 Å². The van der Waals surface area contributed by atoms with Gasteiger partial charge >= 0.3 is 0 Å². The van der Waals surface area contributed by atoms with Crippen LogP contribution in [0.5, 0.6) is 0 Å². The van der Waals surface area contributed by atoms with Crippen molar-refractivity contribution in [1.29, 1.82) is 21.6 Å². The van der Waals surface area contributed by atoms with Crippen LogP contribution in [-0.4, -0.2) is 38.1 Å². The van der Waals surface area contributed by atoms with Crippen molar-refractivity contribution in [3.05, 3.63) is 222 Å². The van der Waals surface area contributed by atoms with Gasteiger partial charge in [-0.15, -0.1) is 10.2 Å². The van der Waals surface area contributed by atoms with Crippen LogP contribution in [0.3, 0.4) is 0 Å². The molecule has 0 spiro atoms. The summed E-state index contributed by atoms with van der Waals surface area (Å²) in [7, 11) is 0. The van der Waals surface area contributed by atoms with Crippen LogP contribution in [0.2, 0.25) is 0 Å². The van der Waals surface area contributed by atoms with E-state index in [1.807, 2.05) is 199 Å². The summed E-state index contributed by atoms with van der Waals surface area (Å²) >= 11 is 0. The number of para-hydroxylation sites is 3. The fraction of sp³-hybridized carbons (Fsp3) is 0. The maximum atomic E-state index is 9.86. The fourth-order valence-electron chi connectivity index (χ4n) is 6.70. The molecule has 0 amide bonds. The number of hydrogen-bond donors (Lipinski definition) is 4. The molecule has 0 saturated heterocycles. The molecular weight excluding hydrogens is 703 g/mol. The van der Waals surface area contributed by atoms with Gasteiger partial charge in [0.1, 0.15) is 23.3 Å². The number of amidine groups is 4. The number of benzene rings is 7. The third-order valence-electron chi connectivity index (χ3n) is 9.47. The second-order valence-corrected chi connectivity index (χ2v) is 13.2. The van der Waals surface area contributed by atoms with Crippen molar-refractivity contribution in [2.24, 2.45) is 0 Å². The van der Waals surface area contributed by atoms with E-state index in [0.29, 0.717) is 50.8 Å². The molecule has 0 aliphatic carbocycles. The lowest BCUT2D eigenvalue weighted by molar-refractivity contribution is 1.07. The first-order valence-electron chi connectivity index (χ1n) is 18.4. The molecule has 9 heteroatoms. The summed E-state index contributed by atoms with van der Waals surface area (Å²) in [4.78, 5) is 3.19. The summed E-state index contributed by atoms with van der Waals surface area (Å²) < 4.78 is 1.98. The average Bonchev–Trinajstić information content (AvgIpc) is 3.74. The van der Waals surface area contributed by atoms with Crippen molar-refractivity contribution >= 4 is 34.7 Å². The Morgan fingerprint density at radius 2 is 0.684 bits per heavy atom. The monoisotopic (exact) mass is 739 g/mol. The van der Waals surface area contributed by atoms with Gasteiger partial charge in [-0.05, 0) is 54.6 Å². The minimum Gasteiger partial charge on any atom is -0.284 e. The maximum Gasteiger partial charge on any atom is 0.168 e. The summed E-state index contributed by atoms with van der Waals surface area (Å²) in [6.45, 7) is 0. The second kappa shape index (κ2) is 16.1. The summed E-state index contributed by atoms with van der Waals surface area (Å²) in [5, 5.41) is 48.0. The molecule has 0 saturated carbocycles. The van der Waals surface area contributed by atoms with Crippen molar-refractivity contribution < 1.29 is 0 Å². The molecule has 9 nitrogen and oxygen atoms in total. The number of nitrogens with zero attached hydrogens (tertiary/aromatic N) is 5. The molecule has 274 valence electrons. The minimum absolute atomic E-state index is 0.0180.